The molecule has 0 radical (unpaired) electrons. The molecule has 0 unspecified atom stereocenters. The van der Waals surface area contributed by atoms with E-state index in [1.807, 2.05) is 0 Å². The lowest BCUT2D eigenvalue weighted by Crippen LogP contribution is -2.67. The molecule has 0 spiro atoms. The van der Waals surface area contributed by atoms with Crippen LogP contribution in [0.4, 0.5) is 57.1 Å². The number of carboxylic acids is 1. The number of carbonyl (C=O) groups is 1. The predicted molar refractivity (Wildman–Crippen MR) is 42.7 cm³/mol. The molecule has 0 fully saturated rings. The maximum Gasteiger partial charge on any atom is 0.460 e. The second-order valence-electron chi connectivity index (χ2n) is 3.74. The highest BCUT2D eigenvalue weighted by Crippen LogP contribution is 2.59. The van der Waals surface area contributed by atoms with Gasteiger partial charge in [0.1, 0.15) is 0 Å². The van der Waals surface area contributed by atoms with Gasteiger partial charge in [0.2, 0.25) is 0 Å². The summed E-state index contributed by atoms with van der Waals surface area (Å²) in [5, 5.41) is 7.87. The number of aliphatic carboxylic acids is 1. The first-order chi connectivity index (χ1) is 9.76. The van der Waals surface area contributed by atoms with Gasteiger partial charge in [-0.1, -0.05) is 0 Å². The molecule has 0 aromatic rings. The van der Waals surface area contributed by atoms with Crippen molar-refractivity contribution in [2.75, 3.05) is 0 Å². The van der Waals surface area contributed by atoms with E-state index in [0.29, 0.717) is 0 Å². The smallest absolute Gasteiger partial charge is 0.460 e. The van der Waals surface area contributed by atoms with Crippen molar-refractivity contribution in [1.29, 1.82) is 0 Å². The van der Waals surface area contributed by atoms with E-state index in [4.69, 9.17) is 5.11 Å². The highest BCUT2D eigenvalue weighted by Gasteiger charge is 2.88. The van der Waals surface area contributed by atoms with E-state index in [-0.39, 0.29) is 0 Å². The van der Waals surface area contributed by atoms with Crippen LogP contribution in [0.5, 0.6) is 0 Å². The van der Waals surface area contributed by atoms with Crippen molar-refractivity contribution in [2.24, 2.45) is 0 Å². The number of hydrogen-bond acceptors (Lipinski definition) is 1. The molecule has 136 valence electrons. The van der Waals surface area contributed by atoms with E-state index in [1.165, 1.54) is 0 Å². The van der Waals surface area contributed by atoms with E-state index in [9.17, 15) is 61.9 Å². The molecule has 15 heteroatoms. The summed E-state index contributed by atoms with van der Waals surface area (Å²) in [6, 6.07) is 0. The van der Waals surface area contributed by atoms with E-state index < -0.39 is 47.5 Å². The Morgan fingerprint density at radius 3 is 1.22 bits per heavy atom. The van der Waals surface area contributed by atoms with Crippen LogP contribution >= 0.6 is 0 Å². The first kappa shape index (κ1) is 21.3. The van der Waals surface area contributed by atoms with Gasteiger partial charge >= 0.3 is 35.8 Å². The van der Waals surface area contributed by atoms with Crippen molar-refractivity contribution in [3.63, 3.8) is 0 Å². The van der Waals surface area contributed by atoms with Gasteiger partial charge in [-0.3, -0.25) is 0 Å². The molecule has 0 rings (SSSR count). The molecular formula is C8HF13O2. The molecule has 0 atom stereocenters. The van der Waals surface area contributed by atoms with Crippen molar-refractivity contribution < 1.29 is 67.0 Å². The summed E-state index contributed by atoms with van der Waals surface area (Å²) in [6.07, 6.45) is -11.7. The van der Waals surface area contributed by atoms with Crippen LogP contribution in [-0.4, -0.2) is 40.9 Å². The van der Waals surface area contributed by atoms with E-state index in [1.54, 1.807) is 0 Å². The van der Waals surface area contributed by atoms with Gasteiger partial charge < -0.3 is 5.11 Å². The summed E-state index contributed by atoms with van der Waals surface area (Å²) in [5.41, 5.74) is -4.06. The molecule has 0 heterocycles. The van der Waals surface area contributed by atoms with Crippen LogP contribution in [0.2, 0.25) is 0 Å². The minimum Gasteiger partial charge on any atom is -0.478 e. The fourth-order valence-corrected chi connectivity index (χ4v) is 1.06. The average Bonchev–Trinajstić information content (AvgIpc) is 2.24. The summed E-state index contributed by atoms with van der Waals surface area (Å²) in [5.74, 6) is -34.5. The molecule has 1 N–H and O–H groups in total. The van der Waals surface area contributed by atoms with Crippen LogP contribution in [0.1, 0.15) is 0 Å². The molecule has 0 aliphatic rings. The lowest BCUT2D eigenvalue weighted by molar-refractivity contribution is -0.417. The molecule has 0 amide bonds. The minimum atomic E-state index is -7.96. The summed E-state index contributed by atoms with van der Waals surface area (Å²) in [7, 11) is 0. The van der Waals surface area contributed by atoms with Crippen molar-refractivity contribution in [3.8, 4) is 0 Å². The molecule has 0 bridgehead atoms. The first-order valence-electron chi connectivity index (χ1n) is 4.63. The third-order valence-corrected chi connectivity index (χ3v) is 2.26. The van der Waals surface area contributed by atoms with Crippen LogP contribution in [0, 0.1) is 0 Å². The summed E-state index contributed by atoms with van der Waals surface area (Å²) in [4.78, 5) is 10.0. The third-order valence-electron chi connectivity index (χ3n) is 2.26. The quantitative estimate of drug-likeness (QED) is 0.573. The average molecular weight is 376 g/mol. The number of hydrogen-bond donors (Lipinski definition) is 1. The Kier molecular flexibility index (Phi) is 5.03. The van der Waals surface area contributed by atoms with Crippen LogP contribution < -0.4 is 0 Å². The SMILES string of the molecule is O=C(O)C(=C(F)F)C(F)(F)C(F)(F)C(F)(F)C(F)(F)C(F)(F)F. The molecule has 2 nitrogen and oxygen atoms in total. The van der Waals surface area contributed by atoms with E-state index >= 15 is 0 Å². The summed E-state index contributed by atoms with van der Waals surface area (Å²) in [6.45, 7) is 0. The van der Waals surface area contributed by atoms with Crippen molar-refractivity contribution >= 4 is 5.97 Å². The van der Waals surface area contributed by atoms with Crippen LogP contribution in [-0.2, 0) is 4.79 Å². The molecule has 0 aliphatic carbocycles. The van der Waals surface area contributed by atoms with Crippen molar-refractivity contribution in [3.05, 3.63) is 11.7 Å². The molecule has 0 saturated heterocycles. The third kappa shape index (κ3) is 2.91. The Balaban J connectivity index is 6.47. The lowest BCUT2D eigenvalue weighted by atomic mass is 9.93. The van der Waals surface area contributed by atoms with Gasteiger partial charge in [-0.15, -0.1) is 0 Å². The molecule has 23 heavy (non-hydrogen) atoms. The van der Waals surface area contributed by atoms with Crippen LogP contribution in [0.15, 0.2) is 11.7 Å². The zero-order valence-corrected chi connectivity index (χ0v) is 9.77. The van der Waals surface area contributed by atoms with Gasteiger partial charge in [0.25, 0.3) is 6.08 Å². The highest BCUT2D eigenvalue weighted by molar-refractivity contribution is 5.89. The zero-order chi connectivity index (χ0) is 19.2. The monoisotopic (exact) mass is 376 g/mol. The molecule has 0 saturated carbocycles. The second-order valence-corrected chi connectivity index (χ2v) is 3.74. The number of carboxylic acid groups (broad SMARTS) is 1. The first-order valence-corrected chi connectivity index (χ1v) is 4.63. The Morgan fingerprint density at radius 2 is 1.00 bits per heavy atom. The van der Waals surface area contributed by atoms with Gasteiger partial charge in [0, 0.05) is 0 Å². The molecule has 0 aromatic heterocycles. The number of halogens is 13. The van der Waals surface area contributed by atoms with Crippen molar-refractivity contribution in [2.45, 2.75) is 29.9 Å². The van der Waals surface area contributed by atoms with Crippen LogP contribution in [0.3, 0.4) is 0 Å². The van der Waals surface area contributed by atoms with E-state index in [0.717, 1.165) is 0 Å². The van der Waals surface area contributed by atoms with Crippen LogP contribution in [0.25, 0.3) is 0 Å². The van der Waals surface area contributed by atoms with Gasteiger partial charge in [0.05, 0.1) is 0 Å². The molecule has 0 aromatic carbocycles. The van der Waals surface area contributed by atoms with Gasteiger partial charge in [-0.25, -0.2) is 4.79 Å². The number of rotatable bonds is 5. The van der Waals surface area contributed by atoms with Gasteiger partial charge in [-0.2, -0.15) is 57.1 Å². The highest BCUT2D eigenvalue weighted by atomic mass is 19.4. The maximum absolute atomic E-state index is 12.9. The maximum atomic E-state index is 12.9. The largest absolute Gasteiger partial charge is 0.478 e. The topological polar surface area (TPSA) is 37.3 Å². The fraction of sp³-hybridized carbons (Fsp3) is 0.625. The van der Waals surface area contributed by atoms with E-state index in [2.05, 4.69) is 0 Å². The fourth-order valence-electron chi connectivity index (χ4n) is 1.06. The minimum absolute atomic E-state index is 3.64. The standard InChI is InChI=1S/C8HF13O2/c9-2(10)1(3(22)23)4(11,12)5(13,14)6(15,16)7(17,18)8(19,20)21/h(H,22,23). The normalized spacial score (nSPS) is 14.7. The van der Waals surface area contributed by atoms with Gasteiger partial charge in [0.15, 0.2) is 5.57 Å². The molecule has 0 aliphatic heterocycles. The summed E-state index contributed by atoms with van der Waals surface area (Å²) >= 11 is 0. The Morgan fingerprint density at radius 1 is 0.652 bits per heavy atom. The Labute approximate surface area is 116 Å². The van der Waals surface area contributed by atoms with Gasteiger partial charge in [-0.05, 0) is 0 Å². The Hall–Kier alpha value is -1.70. The molecular weight excluding hydrogens is 375 g/mol. The van der Waals surface area contributed by atoms with Crippen molar-refractivity contribution in [1.82, 2.24) is 0 Å². The predicted octanol–water partition coefficient (Wildman–Crippen LogP) is 4.33. The lowest BCUT2D eigenvalue weighted by Gasteiger charge is -2.37. The number of alkyl halides is 11. The Bertz CT molecular complexity index is 511. The zero-order valence-electron chi connectivity index (χ0n) is 9.77. The second kappa shape index (κ2) is 5.43. The summed E-state index contributed by atoms with van der Waals surface area (Å²) < 4.78 is 161.